The number of fused-ring (bicyclic) bond motifs is 1. The van der Waals surface area contributed by atoms with Crippen LogP contribution in [0.5, 0.6) is 0 Å². The van der Waals surface area contributed by atoms with Gasteiger partial charge in [-0.3, -0.25) is 4.68 Å². The second kappa shape index (κ2) is 6.79. The molecule has 6 nitrogen and oxygen atoms in total. The van der Waals surface area contributed by atoms with E-state index in [0.717, 1.165) is 47.2 Å². The summed E-state index contributed by atoms with van der Waals surface area (Å²) >= 11 is 1.97. The van der Waals surface area contributed by atoms with Gasteiger partial charge in [0.1, 0.15) is 5.82 Å². The molecule has 3 aromatic rings. The van der Waals surface area contributed by atoms with Crippen LogP contribution in [0.25, 0.3) is 22.3 Å². The largest absolute Gasteiger partial charge is 0.383 e. The molecule has 3 heterocycles. The molecule has 2 aromatic heterocycles. The van der Waals surface area contributed by atoms with Crippen LogP contribution in [0, 0.1) is 0 Å². The van der Waals surface area contributed by atoms with Gasteiger partial charge in [0.05, 0.1) is 11.1 Å². The van der Waals surface area contributed by atoms with Crippen molar-refractivity contribution < 1.29 is 0 Å². The van der Waals surface area contributed by atoms with Crippen molar-refractivity contribution in [1.82, 2.24) is 19.7 Å². The van der Waals surface area contributed by atoms with Crippen LogP contribution in [-0.2, 0) is 7.05 Å². The van der Waals surface area contributed by atoms with Gasteiger partial charge in [-0.1, -0.05) is 38.1 Å². The summed E-state index contributed by atoms with van der Waals surface area (Å²) in [5.74, 6) is 4.05. The second-order valence-corrected chi connectivity index (χ2v) is 8.18. The van der Waals surface area contributed by atoms with Crippen LogP contribution in [0.1, 0.15) is 25.3 Å². The van der Waals surface area contributed by atoms with E-state index in [-0.39, 0.29) is 0 Å². The number of nitrogens with two attached hydrogens (primary N) is 1. The highest BCUT2D eigenvalue weighted by Crippen LogP contribution is 2.32. The Kier molecular flexibility index (Phi) is 4.48. The summed E-state index contributed by atoms with van der Waals surface area (Å²) in [4.78, 5) is 11.9. The molecular formula is C19H24N6S. The lowest BCUT2D eigenvalue weighted by Crippen LogP contribution is -2.33. The van der Waals surface area contributed by atoms with E-state index in [0.29, 0.717) is 17.4 Å². The third kappa shape index (κ3) is 3.00. The van der Waals surface area contributed by atoms with E-state index >= 15 is 0 Å². The first-order valence-corrected chi connectivity index (χ1v) is 10.1. The van der Waals surface area contributed by atoms with E-state index in [2.05, 4.69) is 48.1 Å². The zero-order chi connectivity index (χ0) is 18.3. The molecule has 1 aliphatic rings. The van der Waals surface area contributed by atoms with E-state index in [1.165, 1.54) is 5.56 Å². The van der Waals surface area contributed by atoms with Gasteiger partial charge in [-0.15, -0.1) is 0 Å². The molecule has 0 atom stereocenters. The Morgan fingerprint density at radius 3 is 2.42 bits per heavy atom. The summed E-state index contributed by atoms with van der Waals surface area (Å²) in [5, 5.41) is 5.34. The predicted octanol–water partition coefficient (Wildman–Crippen LogP) is 3.29. The fourth-order valence-corrected chi connectivity index (χ4v) is 4.15. The molecule has 0 saturated carbocycles. The molecule has 4 rings (SSSR count). The SMILES string of the molecule is CC(C)c1ccc(-c2nc(N3CCSCC3)nc3nn(C)c(N)c23)cc1. The molecule has 136 valence electrons. The zero-order valence-corrected chi connectivity index (χ0v) is 16.3. The van der Waals surface area contributed by atoms with Crippen LogP contribution in [0.4, 0.5) is 11.8 Å². The number of hydrogen-bond acceptors (Lipinski definition) is 6. The Bertz CT molecular complexity index is 925. The first-order valence-electron chi connectivity index (χ1n) is 8.98. The number of aryl methyl sites for hydroxylation is 1. The number of rotatable bonds is 3. The van der Waals surface area contributed by atoms with Gasteiger partial charge < -0.3 is 10.6 Å². The van der Waals surface area contributed by atoms with Crippen LogP contribution in [0.3, 0.4) is 0 Å². The minimum atomic E-state index is 0.499. The Morgan fingerprint density at radius 1 is 1.08 bits per heavy atom. The van der Waals surface area contributed by atoms with Crippen molar-refractivity contribution in [3.63, 3.8) is 0 Å². The number of nitrogens with zero attached hydrogens (tertiary/aromatic N) is 5. The Labute approximate surface area is 157 Å². The maximum Gasteiger partial charge on any atom is 0.228 e. The van der Waals surface area contributed by atoms with Gasteiger partial charge in [0, 0.05) is 37.2 Å². The van der Waals surface area contributed by atoms with E-state index in [1.54, 1.807) is 4.68 Å². The predicted molar refractivity (Wildman–Crippen MR) is 110 cm³/mol. The number of hydrogen-bond donors (Lipinski definition) is 1. The van der Waals surface area contributed by atoms with Crippen LogP contribution in [-0.4, -0.2) is 44.3 Å². The first kappa shape index (κ1) is 17.1. The summed E-state index contributed by atoms with van der Waals surface area (Å²) in [6.45, 7) is 6.32. The van der Waals surface area contributed by atoms with Crippen molar-refractivity contribution in [3.8, 4) is 11.3 Å². The lowest BCUT2D eigenvalue weighted by Gasteiger charge is -2.26. The number of thioether (sulfide) groups is 1. The van der Waals surface area contributed by atoms with Crippen molar-refractivity contribution in [2.45, 2.75) is 19.8 Å². The molecule has 1 fully saturated rings. The fourth-order valence-electron chi connectivity index (χ4n) is 3.24. The fraction of sp³-hybridized carbons (Fsp3) is 0.421. The minimum absolute atomic E-state index is 0.499. The number of nitrogen functional groups attached to an aromatic ring is 1. The van der Waals surface area contributed by atoms with Gasteiger partial charge in [0.15, 0.2) is 5.65 Å². The maximum atomic E-state index is 6.29. The number of benzene rings is 1. The van der Waals surface area contributed by atoms with Gasteiger partial charge in [0.25, 0.3) is 0 Å². The van der Waals surface area contributed by atoms with E-state index in [9.17, 15) is 0 Å². The van der Waals surface area contributed by atoms with E-state index in [1.807, 2.05) is 18.8 Å². The van der Waals surface area contributed by atoms with Gasteiger partial charge >= 0.3 is 0 Å². The summed E-state index contributed by atoms with van der Waals surface area (Å²) in [5.41, 5.74) is 10.2. The van der Waals surface area contributed by atoms with E-state index in [4.69, 9.17) is 15.7 Å². The molecule has 0 unspecified atom stereocenters. The van der Waals surface area contributed by atoms with Gasteiger partial charge in [-0.05, 0) is 11.5 Å². The average Bonchev–Trinajstić information content (AvgIpc) is 2.96. The molecule has 2 N–H and O–H groups in total. The lowest BCUT2D eigenvalue weighted by atomic mass is 10.00. The molecule has 0 aliphatic carbocycles. The summed E-state index contributed by atoms with van der Waals surface area (Å²) in [7, 11) is 1.85. The Hall–Kier alpha value is -2.28. The monoisotopic (exact) mass is 368 g/mol. The van der Waals surface area contributed by atoms with Crippen LogP contribution >= 0.6 is 11.8 Å². The van der Waals surface area contributed by atoms with E-state index < -0.39 is 0 Å². The Morgan fingerprint density at radius 2 is 1.77 bits per heavy atom. The topological polar surface area (TPSA) is 72.9 Å². The van der Waals surface area contributed by atoms with Gasteiger partial charge in [-0.2, -0.15) is 21.8 Å². The van der Waals surface area contributed by atoms with Crippen LogP contribution in [0.2, 0.25) is 0 Å². The molecular weight excluding hydrogens is 344 g/mol. The Balaban J connectivity index is 1.87. The molecule has 7 heteroatoms. The maximum absolute atomic E-state index is 6.29. The molecule has 0 bridgehead atoms. The number of anilines is 2. The highest BCUT2D eigenvalue weighted by atomic mass is 32.2. The zero-order valence-electron chi connectivity index (χ0n) is 15.4. The van der Waals surface area contributed by atoms with Crippen molar-refractivity contribution in [2.24, 2.45) is 7.05 Å². The molecule has 26 heavy (non-hydrogen) atoms. The second-order valence-electron chi connectivity index (χ2n) is 6.96. The quantitative estimate of drug-likeness (QED) is 0.765. The normalized spacial score (nSPS) is 15.2. The summed E-state index contributed by atoms with van der Waals surface area (Å²) < 4.78 is 1.68. The minimum Gasteiger partial charge on any atom is -0.383 e. The van der Waals surface area contributed by atoms with Crippen LogP contribution in [0.15, 0.2) is 24.3 Å². The van der Waals surface area contributed by atoms with Crippen molar-refractivity contribution in [1.29, 1.82) is 0 Å². The summed E-state index contributed by atoms with van der Waals surface area (Å²) in [6.07, 6.45) is 0. The lowest BCUT2D eigenvalue weighted by molar-refractivity contribution is 0.782. The van der Waals surface area contributed by atoms with Gasteiger partial charge in [-0.25, -0.2) is 4.98 Å². The molecule has 0 radical (unpaired) electrons. The van der Waals surface area contributed by atoms with Crippen LogP contribution < -0.4 is 10.6 Å². The van der Waals surface area contributed by atoms with Gasteiger partial charge in [0.2, 0.25) is 5.95 Å². The van der Waals surface area contributed by atoms with Crippen molar-refractivity contribution in [3.05, 3.63) is 29.8 Å². The third-order valence-electron chi connectivity index (χ3n) is 4.87. The third-order valence-corrected chi connectivity index (χ3v) is 5.81. The van der Waals surface area contributed by atoms with Crippen molar-refractivity contribution >= 4 is 34.6 Å². The first-order chi connectivity index (χ1) is 12.5. The smallest absolute Gasteiger partial charge is 0.228 e. The standard InChI is InChI=1S/C19H24N6S/c1-12(2)13-4-6-14(7-5-13)16-15-17(20)24(3)23-18(15)22-19(21-16)25-8-10-26-11-9-25/h4-7,12H,8-11,20H2,1-3H3. The molecule has 0 amide bonds. The number of aromatic nitrogens is 4. The average molecular weight is 369 g/mol. The molecule has 1 saturated heterocycles. The molecule has 1 aromatic carbocycles. The molecule has 1 aliphatic heterocycles. The van der Waals surface area contributed by atoms with Crippen molar-refractivity contribution in [2.75, 3.05) is 35.2 Å². The highest BCUT2D eigenvalue weighted by molar-refractivity contribution is 7.99. The highest BCUT2D eigenvalue weighted by Gasteiger charge is 2.21. The molecule has 0 spiro atoms. The summed E-state index contributed by atoms with van der Waals surface area (Å²) in [6, 6.07) is 8.58.